The zero-order valence-corrected chi connectivity index (χ0v) is 18.2. The average Bonchev–Trinajstić information content (AvgIpc) is 2.68. The fourth-order valence-electron chi connectivity index (χ4n) is 3.56. The summed E-state index contributed by atoms with van der Waals surface area (Å²) in [5, 5.41) is 4.55. The highest BCUT2D eigenvalue weighted by Crippen LogP contribution is 2.28. The van der Waals surface area contributed by atoms with Crippen molar-refractivity contribution in [3.05, 3.63) is 102 Å². The first-order valence-electron chi connectivity index (χ1n) is 9.31. The van der Waals surface area contributed by atoms with Gasteiger partial charge < -0.3 is 0 Å². The Morgan fingerprint density at radius 3 is 1.50 bits per heavy atom. The lowest BCUT2D eigenvalue weighted by molar-refractivity contribution is 1.61. The Labute approximate surface area is 160 Å². The summed E-state index contributed by atoms with van der Waals surface area (Å²) < 4.78 is 0. The predicted molar refractivity (Wildman–Crippen MR) is 122 cm³/mol. The van der Waals surface area contributed by atoms with E-state index in [4.69, 9.17) is 0 Å². The van der Waals surface area contributed by atoms with E-state index >= 15 is 0 Å². The van der Waals surface area contributed by atoms with Crippen molar-refractivity contribution in [3.8, 4) is 0 Å². The molecule has 0 saturated heterocycles. The van der Waals surface area contributed by atoms with Crippen LogP contribution >= 0.6 is 0 Å². The Kier molecular flexibility index (Phi) is 5.45. The van der Waals surface area contributed by atoms with E-state index in [1.54, 1.807) is 5.20 Å². The van der Waals surface area contributed by atoms with Crippen molar-refractivity contribution in [2.24, 2.45) is 0 Å². The van der Waals surface area contributed by atoms with Crippen molar-refractivity contribution >= 4 is 31.7 Å². The zero-order valence-electron chi connectivity index (χ0n) is 16.2. The monoisotopic (exact) mass is 372 g/mol. The minimum atomic E-state index is -1.80. The Balaban J connectivity index is 2.16. The Morgan fingerprint density at radius 1 is 0.577 bits per heavy atom. The second-order valence-corrected chi connectivity index (χ2v) is 16.7. The fourth-order valence-corrected chi connectivity index (χ4v) is 10.4. The molecule has 0 spiro atoms. The summed E-state index contributed by atoms with van der Waals surface area (Å²) in [5.41, 5.74) is 4.03. The molecule has 3 aromatic carbocycles. The molecule has 0 aliphatic carbocycles. The van der Waals surface area contributed by atoms with E-state index in [1.807, 2.05) is 0 Å². The summed E-state index contributed by atoms with van der Waals surface area (Å²) in [5.74, 6) is 0. The van der Waals surface area contributed by atoms with Crippen molar-refractivity contribution in [2.75, 3.05) is 0 Å². The van der Waals surface area contributed by atoms with Crippen LogP contribution in [0.3, 0.4) is 0 Å². The average molecular weight is 373 g/mol. The second kappa shape index (κ2) is 7.60. The molecule has 0 aliphatic rings. The summed E-state index contributed by atoms with van der Waals surface area (Å²) in [6, 6.07) is 33.1. The SMILES string of the molecule is C[Si](C)(/C=C(/c1ccccc1)[Si](C)(C)c1ccccc1)c1ccccc1. The highest BCUT2D eigenvalue weighted by molar-refractivity contribution is 7.07. The lowest BCUT2D eigenvalue weighted by Crippen LogP contribution is -2.46. The van der Waals surface area contributed by atoms with E-state index in [0.717, 1.165) is 0 Å². The van der Waals surface area contributed by atoms with Gasteiger partial charge in [0.15, 0.2) is 0 Å². The molecule has 2 heteroatoms. The van der Waals surface area contributed by atoms with Crippen LogP contribution in [0.5, 0.6) is 0 Å². The van der Waals surface area contributed by atoms with E-state index in [-0.39, 0.29) is 0 Å². The molecular weight excluding hydrogens is 344 g/mol. The minimum absolute atomic E-state index is 1.38. The molecule has 0 N–H and O–H groups in total. The van der Waals surface area contributed by atoms with E-state index in [2.05, 4.69) is 123 Å². The van der Waals surface area contributed by atoms with Crippen molar-refractivity contribution in [1.29, 1.82) is 0 Å². The number of benzene rings is 3. The maximum Gasteiger partial charge on any atom is 0.112 e. The van der Waals surface area contributed by atoms with Crippen LogP contribution in [-0.2, 0) is 0 Å². The van der Waals surface area contributed by atoms with Gasteiger partial charge in [-0.3, -0.25) is 0 Å². The van der Waals surface area contributed by atoms with E-state index in [0.29, 0.717) is 0 Å². The molecular formula is C24H28Si2. The maximum atomic E-state index is 2.65. The van der Waals surface area contributed by atoms with Crippen molar-refractivity contribution in [3.63, 3.8) is 0 Å². The van der Waals surface area contributed by atoms with E-state index in [9.17, 15) is 0 Å². The zero-order chi connectivity index (χ0) is 18.6. The molecule has 3 aromatic rings. The van der Waals surface area contributed by atoms with Gasteiger partial charge in [0.2, 0.25) is 0 Å². The van der Waals surface area contributed by atoms with Crippen molar-refractivity contribution < 1.29 is 0 Å². The van der Waals surface area contributed by atoms with Gasteiger partial charge in [-0.25, -0.2) is 0 Å². The maximum absolute atomic E-state index is 2.65. The smallest absolute Gasteiger partial charge is 0.0900 e. The summed E-state index contributed by atoms with van der Waals surface area (Å²) in [4.78, 5) is 0. The van der Waals surface area contributed by atoms with E-state index in [1.165, 1.54) is 15.9 Å². The van der Waals surface area contributed by atoms with Gasteiger partial charge in [0.1, 0.15) is 16.1 Å². The third-order valence-electron chi connectivity index (χ3n) is 5.28. The highest BCUT2D eigenvalue weighted by atomic mass is 28.3. The molecule has 0 aliphatic heterocycles. The summed E-state index contributed by atoms with van der Waals surface area (Å²) in [7, 11) is -3.49. The lowest BCUT2D eigenvalue weighted by Gasteiger charge is -2.31. The van der Waals surface area contributed by atoms with Crippen molar-refractivity contribution in [1.82, 2.24) is 0 Å². The van der Waals surface area contributed by atoms with Crippen LogP contribution in [0.1, 0.15) is 5.56 Å². The molecule has 0 saturated carbocycles. The van der Waals surface area contributed by atoms with Crippen LogP contribution in [0, 0.1) is 0 Å². The topological polar surface area (TPSA) is 0 Å². The van der Waals surface area contributed by atoms with Gasteiger partial charge in [0.25, 0.3) is 0 Å². The third-order valence-corrected chi connectivity index (χ3v) is 12.0. The fraction of sp³-hybridized carbons (Fsp3) is 0.167. The largest absolute Gasteiger partial charge is 0.112 e. The van der Waals surface area contributed by atoms with Crippen LogP contribution < -0.4 is 10.4 Å². The summed E-state index contributed by atoms with van der Waals surface area (Å²) >= 11 is 0. The van der Waals surface area contributed by atoms with Gasteiger partial charge in [-0.2, -0.15) is 0 Å². The molecule has 0 atom stereocenters. The summed E-state index contributed by atoms with van der Waals surface area (Å²) in [6.45, 7) is 9.88. The summed E-state index contributed by atoms with van der Waals surface area (Å²) in [6.07, 6.45) is 0. The first kappa shape index (κ1) is 18.6. The molecule has 0 amide bonds. The number of hydrogen-bond donors (Lipinski definition) is 0. The minimum Gasteiger partial charge on any atom is -0.0900 e. The third kappa shape index (κ3) is 3.97. The number of hydrogen-bond acceptors (Lipinski definition) is 0. The van der Waals surface area contributed by atoms with E-state index < -0.39 is 16.1 Å². The Hall–Kier alpha value is -2.17. The molecule has 0 fully saturated rings. The standard InChI is InChI=1S/C24H28Si2/c1-25(2,22-16-10-6-11-17-22)20-24(21-14-8-5-9-15-21)26(3,4)23-18-12-7-13-19-23/h5-20H,1-4H3/b24-20-. The van der Waals surface area contributed by atoms with Crippen LogP contribution in [-0.4, -0.2) is 16.1 Å². The number of rotatable bonds is 5. The molecule has 0 bridgehead atoms. The quantitative estimate of drug-likeness (QED) is 0.528. The predicted octanol–water partition coefficient (Wildman–Crippen LogP) is 5.38. The van der Waals surface area contributed by atoms with Crippen molar-refractivity contribution in [2.45, 2.75) is 26.2 Å². The van der Waals surface area contributed by atoms with Gasteiger partial charge in [-0.15, -0.1) is 0 Å². The Morgan fingerprint density at radius 2 is 1.00 bits per heavy atom. The highest BCUT2D eigenvalue weighted by Gasteiger charge is 2.32. The van der Waals surface area contributed by atoms with Gasteiger partial charge >= 0.3 is 0 Å². The molecule has 3 rings (SSSR count). The lowest BCUT2D eigenvalue weighted by atomic mass is 10.2. The molecule has 0 aromatic heterocycles. The molecule has 26 heavy (non-hydrogen) atoms. The molecule has 0 unspecified atom stereocenters. The van der Waals surface area contributed by atoms with Gasteiger partial charge in [0.05, 0.1) is 0 Å². The van der Waals surface area contributed by atoms with Gasteiger partial charge in [0, 0.05) is 0 Å². The van der Waals surface area contributed by atoms with Crippen LogP contribution in [0.4, 0.5) is 0 Å². The van der Waals surface area contributed by atoms with Gasteiger partial charge in [-0.05, 0) is 5.56 Å². The molecule has 0 heterocycles. The van der Waals surface area contributed by atoms with Crippen LogP contribution in [0.25, 0.3) is 5.20 Å². The van der Waals surface area contributed by atoms with Gasteiger partial charge in [-0.1, -0.05) is 138 Å². The second-order valence-electron chi connectivity index (χ2n) is 8.00. The normalized spacial score (nSPS) is 12.8. The van der Waals surface area contributed by atoms with Crippen LogP contribution in [0.15, 0.2) is 96.7 Å². The molecule has 0 radical (unpaired) electrons. The molecule has 0 nitrogen and oxygen atoms in total. The first-order valence-corrected chi connectivity index (χ1v) is 15.4. The molecule has 132 valence electrons. The van der Waals surface area contributed by atoms with Crippen LogP contribution in [0.2, 0.25) is 26.2 Å². The first-order chi connectivity index (χ1) is 12.4. The Bertz CT molecular complexity index is 864.